The number of esters is 1. The van der Waals surface area contributed by atoms with E-state index in [-0.39, 0.29) is 23.7 Å². The van der Waals surface area contributed by atoms with E-state index in [1.165, 1.54) is 25.3 Å². The Kier molecular flexibility index (Phi) is 6.80. The monoisotopic (exact) mass is 386 g/mol. The summed E-state index contributed by atoms with van der Waals surface area (Å²) in [6.07, 6.45) is 1.31. The fourth-order valence-corrected chi connectivity index (χ4v) is 2.13. The van der Waals surface area contributed by atoms with Crippen LogP contribution in [0.25, 0.3) is 6.08 Å². The first-order chi connectivity index (χ1) is 12.9. The summed E-state index contributed by atoms with van der Waals surface area (Å²) in [6.45, 7) is -0.313. The zero-order valence-electron chi connectivity index (χ0n) is 14.3. The first-order valence-electron chi connectivity index (χ1n) is 7.61. The number of primary amides is 1. The maximum absolute atomic E-state index is 12.0. The number of methoxy groups -OCH3 is 1. The number of ether oxygens (including phenoxy) is 3. The molecule has 0 fully saturated rings. The van der Waals surface area contributed by atoms with E-state index in [1.807, 2.05) is 0 Å². The predicted octanol–water partition coefficient (Wildman–Crippen LogP) is 2.73. The van der Waals surface area contributed by atoms with Crippen LogP contribution in [0, 0.1) is 11.3 Å². The number of hydrogen-bond donors (Lipinski definition) is 1. The Hall–Kier alpha value is -3.50. The van der Waals surface area contributed by atoms with Crippen LogP contribution in [0.15, 0.2) is 48.0 Å². The first kappa shape index (κ1) is 19.8. The number of amides is 1. The topological polar surface area (TPSA) is 112 Å². The molecule has 0 aliphatic carbocycles. The van der Waals surface area contributed by atoms with Crippen molar-refractivity contribution >= 4 is 29.6 Å². The molecule has 2 rings (SSSR count). The summed E-state index contributed by atoms with van der Waals surface area (Å²) in [5.41, 5.74) is 5.37. The Morgan fingerprint density at radius 2 is 1.89 bits per heavy atom. The second-order valence-corrected chi connectivity index (χ2v) is 5.60. The van der Waals surface area contributed by atoms with Gasteiger partial charge < -0.3 is 19.9 Å². The molecule has 27 heavy (non-hydrogen) atoms. The molecule has 2 aromatic rings. The molecule has 0 radical (unpaired) electrons. The number of rotatable bonds is 7. The van der Waals surface area contributed by atoms with Crippen molar-refractivity contribution < 1.29 is 23.8 Å². The van der Waals surface area contributed by atoms with Crippen molar-refractivity contribution in [2.75, 3.05) is 13.7 Å². The molecule has 1 amide bonds. The van der Waals surface area contributed by atoms with Gasteiger partial charge in [-0.25, -0.2) is 4.79 Å². The average Bonchev–Trinajstić information content (AvgIpc) is 2.66. The van der Waals surface area contributed by atoms with Crippen LogP contribution in [-0.4, -0.2) is 25.6 Å². The summed E-state index contributed by atoms with van der Waals surface area (Å²) < 4.78 is 15.7. The quantitative estimate of drug-likeness (QED) is 0.339. The molecule has 0 saturated heterocycles. The molecule has 0 bridgehead atoms. The molecule has 7 nitrogen and oxygen atoms in total. The molecule has 0 heterocycles. The van der Waals surface area contributed by atoms with Crippen molar-refractivity contribution in [2.24, 2.45) is 5.73 Å². The lowest BCUT2D eigenvalue weighted by atomic mass is 10.1. The van der Waals surface area contributed by atoms with Crippen LogP contribution in [-0.2, 0) is 9.59 Å². The second-order valence-electron chi connectivity index (χ2n) is 5.16. The van der Waals surface area contributed by atoms with Gasteiger partial charge in [0.05, 0.1) is 7.11 Å². The fraction of sp³-hybridized carbons (Fsp3) is 0.105. The summed E-state index contributed by atoms with van der Waals surface area (Å²) in [4.78, 5) is 23.1. The zero-order valence-corrected chi connectivity index (χ0v) is 15.0. The van der Waals surface area contributed by atoms with Gasteiger partial charge in [0.2, 0.25) is 0 Å². The third kappa shape index (κ3) is 5.76. The molecular formula is C19H15ClN2O5. The van der Waals surface area contributed by atoms with Crippen molar-refractivity contribution in [1.29, 1.82) is 5.26 Å². The van der Waals surface area contributed by atoms with Gasteiger partial charge in [0.1, 0.15) is 17.4 Å². The van der Waals surface area contributed by atoms with Crippen LogP contribution in [0.5, 0.6) is 17.2 Å². The molecule has 0 aromatic heterocycles. The molecule has 0 unspecified atom stereocenters. The van der Waals surface area contributed by atoms with Crippen LogP contribution in [0.1, 0.15) is 5.56 Å². The molecule has 2 N–H and O–H groups in total. The van der Waals surface area contributed by atoms with Crippen molar-refractivity contribution in [3.63, 3.8) is 0 Å². The lowest BCUT2D eigenvalue weighted by Crippen LogP contribution is -2.18. The maximum Gasteiger partial charge on any atom is 0.349 e. The summed E-state index contributed by atoms with van der Waals surface area (Å²) >= 11 is 5.78. The Balaban J connectivity index is 2.07. The van der Waals surface area contributed by atoms with Gasteiger partial charge in [-0.2, -0.15) is 5.26 Å². The number of benzene rings is 2. The number of hydrogen-bond acceptors (Lipinski definition) is 6. The third-order valence-corrected chi connectivity index (χ3v) is 3.53. The number of nitrogens with two attached hydrogens (primary N) is 1. The molecule has 2 aromatic carbocycles. The van der Waals surface area contributed by atoms with Gasteiger partial charge in [-0.1, -0.05) is 17.7 Å². The molecule has 0 aliphatic rings. The van der Waals surface area contributed by atoms with Crippen molar-refractivity contribution in [2.45, 2.75) is 0 Å². The summed E-state index contributed by atoms with van der Waals surface area (Å²) in [7, 11) is 1.39. The summed E-state index contributed by atoms with van der Waals surface area (Å²) in [5, 5.41) is 9.44. The average molecular weight is 387 g/mol. The van der Waals surface area contributed by atoms with Gasteiger partial charge >= 0.3 is 5.97 Å². The molecule has 0 spiro atoms. The predicted molar refractivity (Wildman–Crippen MR) is 98.4 cm³/mol. The van der Waals surface area contributed by atoms with Crippen LogP contribution < -0.4 is 19.9 Å². The maximum atomic E-state index is 12.0. The SMILES string of the molecule is COc1cc(/C=C(\C#N)C(N)=O)ccc1OC(=O)COc1ccc(Cl)cc1. The summed E-state index contributed by atoms with van der Waals surface area (Å²) in [5.74, 6) is -0.603. The molecule has 8 heteroatoms. The van der Waals surface area contributed by atoms with Crippen molar-refractivity contribution in [3.05, 3.63) is 58.6 Å². The van der Waals surface area contributed by atoms with Crippen LogP contribution in [0.2, 0.25) is 5.02 Å². The first-order valence-corrected chi connectivity index (χ1v) is 7.99. The van der Waals surface area contributed by atoms with Gasteiger partial charge in [0.25, 0.3) is 5.91 Å². The van der Waals surface area contributed by atoms with E-state index in [0.717, 1.165) is 0 Å². The molecule has 0 atom stereocenters. The van der Waals surface area contributed by atoms with E-state index < -0.39 is 11.9 Å². The van der Waals surface area contributed by atoms with Gasteiger partial charge in [-0.15, -0.1) is 0 Å². The minimum Gasteiger partial charge on any atom is -0.493 e. The molecule has 0 saturated carbocycles. The number of carbonyl (C=O) groups excluding carboxylic acids is 2. The number of nitriles is 1. The van der Waals surface area contributed by atoms with Crippen LogP contribution in [0.3, 0.4) is 0 Å². The lowest BCUT2D eigenvalue weighted by molar-refractivity contribution is -0.136. The van der Waals surface area contributed by atoms with Crippen LogP contribution >= 0.6 is 11.6 Å². The highest BCUT2D eigenvalue weighted by atomic mass is 35.5. The van der Waals surface area contributed by atoms with E-state index in [0.29, 0.717) is 16.3 Å². The van der Waals surface area contributed by atoms with E-state index in [4.69, 9.17) is 36.8 Å². The minimum atomic E-state index is -0.841. The van der Waals surface area contributed by atoms with Crippen molar-refractivity contribution in [3.8, 4) is 23.3 Å². The highest BCUT2D eigenvalue weighted by Gasteiger charge is 2.12. The molecule has 0 aliphatic heterocycles. The largest absolute Gasteiger partial charge is 0.493 e. The Bertz CT molecular complexity index is 917. The smallest absolute Gasteiger partial charge is 0.349 e. The van der Waals surface area contributed by atoms with E-state index in [2.05, 4.69) is 0 Å². The summed E-state index contributed by atoms with van der Waals surface area (Å²) in [6, 6.07) is 12.8. The lowest BCUT2D eigenvalue weighted by Gasteiger charge is -2.11. The van der Waals surface area contributed by atoms with Gasteiger partial charge in [0.15, 0.2) is 18.1 Å². The zero-order chi connectivity index (χ0) is 19.8. The molecule has 138 valence electrons. The Labute approximate surface area is 160 Å². The highest BCUT2D eigenvalue weighted by molar-refractivity contribution is 6.30. The third-order valence-electron chi connectivity index (χ3n) is 3.28. The standard InChI is InChI=1S/C19H15ClN2O5/c1-25-17-9-12(8-13(10-21)19(22)24)2-7-16(17)27-18(23)11-26-15-5-3-14(20)4-6-15/h2-9H,11H2,1H3,(H2,22,24)/b13-8+. The highest BCUT2D eigenvalue weighted by Crippen LogP contribution is 2.29. The number of carbonyl (C=O) groups is 2. The Morgan fingerprint density at radius 3 is 2.48 bits per heavy atom. The van der Waals surface area contributed by atoms with Crippen LogP contribution in [0.4, 0.5) is 0 Å². The van der Waals surface area contributed by atoms with E-state index >= 15 is 0 Å². The van der Waals surface area contributed by atoms with E-state index in [9.17, 15) is 9.59 Å². The minimum absolute atomic E-state index is 0.164. The molecular weight excluding hydrogens is 372 g/mol. The fourth-order valence-electron chi connectivity index (χ4n) is 2.01. The van der Waals surface area contributed by atoms with Gasteiger partial charge in [-0.3, -0.25) is 4.79 Å². The van der Waals surface area contributed by atoms with Gasteiger partial charge in [0, 0.05) is 5.02 Å². The number of nitrogens with zero attached hydrogens (tertiary/aromatic N) is 1. The van der Waals surface area contributed by atoms with Crippen molar-refractivity contribution in [1.82, 2.24) is 0 Å². The second kappa shape index (κ2) is 9.27. The van der Waals surface area contributed by atoms with E-state index in [1.54, 1.807) is 36.4 Å². The normalized spacial score (nSPS) is 10.6. The van der Waals surface area contributed by atoms with Gasteiger partial charge in [-0.05, 0) is 48.0 Å². The Morgan fingerprint density at radius 1 is 1.19 bits per heavy atom. The number of halogens is 1.